The molecule has 1 saturated heterocycles. The molecule has 1 aliphatic rings. The van der Waals surface area contributed by atoms with E-state index in [4.69, 9.17) is 10.8 Å². The van der Waals surface area contributed by atoms with Crippen LogP contribution in [-0.2, 0) is 0 Å². The molecule has 88 valence electrons. The van der Waals surface area contributed by atoms with Gasteiger partial charge in [-0.05, 0) is 13.3 Å². The number of nitrogens with one attached hydrogen (secondary N) is 1. The second kappa shape index (κ2) is 4.13. The predicted octanol–water partition coefficient (Wildman–Crippen LogP) is -0.245. The van der Waals surface area contributed by atoms with Crippen LogP contribution in [0.25, 0.3) is 0 Å². The molecule has 0 aromatic carbocycles. The third kappa shape index (κ3) is 1.76. The fourth-order valence-corrected chi connectivity index (χ4v) is 1.92. The lowest BCUT2D eigenvalue weighted by molar-refractivity contribution is 0.0777. The Bertz CT molecular complexity index is 402. The molecular formula is C10H16N4O2. The Hall–Kier alpha value is -1.56. The van der Waals surface area contributed by atoms with Crippen LogP contribution in [0.3, 0.4) is 0 Å². The summed E-state index contributed by atoms with van der Waals surface area (Å²) >= 11 is 0. The van der Waals surface area contributed by atoms with E-state index < -0.39 is 0 Å². The number of aromatic nitrogens is 2. The van der Waals surface area contributed by atoms with Crippen LogP contribution in [0.15, 0.2) is 0 Å². The van der Waals surface area contributed by atoms with Gasteiger partial charge in [0, 0.05) is 25.6 Å². The van der Waals surface area contributed by atoms with Crippen LogP contribution < -0.4 is 5.73 Å². The molecule has 0 aliphatic carbocycles. The zero-order valence-electron chi connectivity index (χ0n) is 9.23. The molecule has 1 unspecified atom stereocenters. The van der Waals surface area contributed by atoms with Gasteiger partial charge >= 0.3 is 0 Å². The number of amides is 1. The number of rotatable bonds is 2. The Balaban J connectivity index is 2.12. The smallest absolute Gasteiger partial charge is 0.276 e. The standard InChI is InChI=1S/C10H16N4O2/c1-6-8(11)9(13-12-6)10(16)14-3-2-7(4-14)5-15/h7,15H,2-5,11H2,1H3,(H,12,13). The van der Waals surface area contributed by atoms with Gasteiger partial charge in [-0.25, -0.2) is 0 Å². The third-order valence-electron chi connectivity index (χ3n) is 3.03. The molecule has 1 amide bonds. The molecule has 2 heterocycles. The lowest BCUT2D eigenvalue weighted by Crippen LogP contribution is -2.30. The molecule has 6 heteroatoms. The summed E-state index contributed by atoms with van der Waals surface area (Å²) in [5, 5.41) is 15.6. The number of nitrogen functional groups attached to an aromatic ring is 1. The number of aryl methyl sites for hydroxylation is 1. The van der Waals surface area contributed by atoms with E-state index >= 15 is 0 Å². The first kappa shape index (κ1) is 10.9. The quantitative estimate of drug-likeness (QED) is 0.645. The van der Waals surface area contributed by atoms with Crippen LogP contribution in [-0.4, -0.2) is 45.8 Å². The van der Waals surface area contributed by atoms with Crippen molar-refractivity contribution >= 4 is 11.6 Å². The normalized spacial score (nSPS) is 20.4. The maximum absolute atomic E-state index is 12.0. The molecule has 1 aromatic rings. The maximum atomic E-state index is 12.0. The number of hydrogen-bond acceptors (Lipinski definition) is 4. The van der Waals surface area contributed by atoms with Crippen LogP contribution in [0.1, 0.15) is 22.6 Å². The van der Waals surface area contributed by atoms with Crippen molar-refractivity contribution in [3.05, 3.63) is 11.4 Å². The second-order valence-electron chi connectivity index (χ2n) is 4.20. The number of aromatic amines is 1. The molecule has 4 N–H and O–H groups in total. The third-order valence-corrected chi connectivity index (χ3v) is 3.03. The van der Waals surface area contributed by atoms with Crippen LogP contribution in [0.4, 0.5) is 5.69 Å². The first-order chi connectivity index (χ1) is 7.63. The van der Waals surface area contributed by atoms with Crippen LogP contribution in [0.2, 0.25) is 0 Å². The maximum Gasteiger partial charge on any atom is 0.276 e. The Morgan fingerprint density at radius 2 is 2.50 bits per heavy atom. The van der Waals surface area contributed by atoms with Crippen LogP contribution in [0.5, 0.6) is 0 Å². The Kier molecular flexibility index (Phi) is 2.82. The summed E-state index contributed by atoms with van der Waals surface area (Å²) in [6.45, 7) is 3.15. The molecule has 16 heavy (non-hydrogen) atoms. The van der Waals surface area contributed by atoms with E-state index in [-0.39, 0.29) is 24.1 Å². The molecule has 1 atom stereocenters. The summed E-state index contributed by atoms with van der Waals surface area (Å²) in [4.78, 5) is 13.7. The van der Waals surface area contributed by atoms with E-state index in [0.29, 0.717) is 24.5 Å². The molecule has 2 rings (SSSR count). The number of aliphatic hydroxyl groups excluding tert-OH is 1. The zero-order chi connectivity index (χ0) is 11.7. The molecule has 1 aromatic heterocycles. The van der Waals surface area contributed by atoms with Crippen LogP contribution in [0, 0.1) is 12.8 Å². The fourth-order valence-electron chi connectivity index (χ4n) is 1.92. The minimum atomic E-state index is -0.155. The van der Waals surface area contributed by atoms with Crippen molar-refractivity contribution in [1.82, 2.24) is 15.1 Å². The number of nitrogens with zero attached hydrogens (tertiary/aromatic N) is 2. The SMILES string of the molecule is Cc1[nH]nc(C(=O)N2CCC(CO)C2)c1N. The van der Waals surface area contributed by atoms with Gasteiger partial charge in [0.1, 0.15) is 0 Å². The summed E-state index contributed by atoms with van der Waals surface area (Å²) in [5.41, 5.74) is 7.16. The second-order valence-corrected chi connectivity index (χ2v) is 4.20. The van der Waals surface area contributed by atoms with Gasteiger partial charge in [-0.1, -0.05) is 0 Å². The summed E-state index contributed by atoms with van der Waals surface area (Å²) in [6.07, 6.45) is 0.839. The highest BCUT2D eigenvalue weighted by Crippen LogP contribution is 2.20. The number of nitrogens with two attached hydrogens (primary N) is 1. The minimum absolute atomic E-state index is 0.124. The first-order valence-corrected chi connectivity index (χ1v) is 5.34. The summed E-state index contributed by atoms with van der Waals surface area (Å²) in [7, 11) is 0. The van der Waals surface area contributed by atoms with Gasteiger partial charge in [0.2, 0.25) is 0 Å². The number of carbonyl (C=O) groups is 1. The number of likely N-dealkylation sites (tertiary alicyclic amines) is 1. The van der Waals surface area contributed by atoms with Crippen molar-refractivity contribution in [2.75, 3.05) is 25.4 Å². The van der Waals surface area contributed by atoms with Crippen molar-refractivity contribution in [2.45, 2.75) is 13.3 Å². The van der Waals surface area contributed by atoms with Crippen molar-refractivity contribution in [1.29, 1.82) is 0 Å². The van der Waals surface area contributed by atoms with Gasteiger partial charge in [-0.15, -0.1) is 0 Å². The van der Waals surface area contributed by atoms with Gasteiger partial charge < -0.3 is 15.7 Å². The van der Waals surface area contributed by atoms with E-state index in [1.807, 2.05) is 0 Å². The van der Waals surface area contributed by atoms with Crippen molar-refractivity contribution in [2.24, 2.45) is 5.92 Å². The van der Waals surface area contributed by atoms with E-state index in [1.54, 1.807) is 11.8 Å². The largest absolute Gasteiger partial charge is 0.396 e. The summed E-state index contributed by atoms with van der Waals surface area (Å²) in [5.74, 6) is 0.0306. The highest BCUT2D eigenvalue weighted by Gasteiger charge is 2.29. The van der Waals surface area contributed by atoms with Gasteiger partial charge in [0.15, 0.2) is 5.69 Å². The average molecular weight is 224 g/mol. The molecule has 6 nitrogen and oxygen atoms in total. The molecular weight excluding hydrogens is 208 g/mol. The monoisotopic (exact) mass is 224 g/mol. The summed E-state index contributed by atoms with van der Waals surface area (Å²) in [6, 6.07) is 0. The van der Waals surface area contributed by atoms with Crippen molar-refractivity contribution in [3.8, 4) is 0 Å². The number of carbonyl (C=O) groups excluding carboxylic acids is 1. The van der Waals surface area contributed by atoms with E-state index in [9.17, 15) is 4.79 Å². The number of aliphatic hydroxyl groups is 1. The fraction of sp³-hybridized carbons (Fsp3) is 0.600. The zero-order valence-corrected chi connectivity index (χ0v) is 9.23. The molecule has 1 aliphatic heterocycles. The van der Waals surface area contributed by atoms with Gasteiger partial charge in [-0.3, -0.25) is 9.89 Å². The average Bonchev–Trinajstić information content (AvgIpc) is 2.87. The Morgan fingerprint density at radius 3 is 3.00 bits per heavy atom. The topological polar surface area (TPSA) is 95.2 Å². The highest BCUT2D eigenvalue weighted by molar-refractivity contribution is 5.97. The number of H-pyrrole nitrogens is 1. The van der Waals surface area contributed by atoms with E-state index in [0.717, 1.165) is 6.42 Å². The minimum Gasteiger partial charge on any atom is -0.396 e. The highest BCUT2D eigenvalue weighted by atomic mass is 16.3. The molecule has 0 bridgehead atoms. The van der Waals surface area contributed by atoms with Crippen molar-refractivity contribution in [3.63, 3.8) is 0 Å². The molecule has 1 fully saturated rings. The predicted molar refractivity (Wildman–Crippen MR) is 58.8 cm³/mol. The Morgan fingerprint density at radius 1 is 1.75 bits per heavy atom. The van der Waals surface area contributed by atoms with E-state index in [1.165, 1.54) is 0 Å². The molecule has 0 spiro atoms. The molecule has 0 saturated carbocycles. The van der Waals surface area contributed by atoms with Gasteiger partial charge in [-0.2, -0.15) is 5.10 Å². The lowest BCUT2D eigenvalue weighted by atomic mass is 10.1. The van der Waals surface area contributed by atoms with Gasteiger partial charge in [0.25, 0.3) is 5.91 Å². The van der Waals surface area contributed by atoms with Crippen LogP contribution >= 0.6 is 0 Å². The summed E-state index contributed by atoms with van der Waals surface area (Å²) < 4.78 is 0. The number of hydrogen-bond donors (Lipinski definition) is 3. The van der Waals surface area contributed by atoms with Crippen molar-refractivity contribution < 1.29 is 9.90 Å². The first-order valence-electron chi connectivity index (χ1n) is 5.34. The number of anilines is 1. The van der Waals surface area contributed by atoms with Gasteiger partial charge in [0.05, 0.1) is 11.4 Å². The molecule has 0 radical (unpaired) electrons. The Labute approximate surface area is 93.4 Å². The van der Waals surface area contributed by atoms with E-state index in [2.05, 4.69) is 10.2 Å². The lowest BCUT2D eigenvalue weighted by Gasteiger charge is -2.14.